The molecule has 0 aliphatic carbocycles. The molecule has 106 valence electrons. The Morgan fingerprint density at radius 1 is 1.30 bits per heavy atom. The Bertz CT molecular complexity index is 575. The second-order valence-electron chi connectivity index (χ2n) is 4.31. The smallest absolute Gasteiger partial charge is 0.315 e. The zero-order chi connectivity index (χ0) is 14.4. The number of aromatic nitrogens is 2. The number of carboxylic acid groups (broad SMARTS) is 1. The number of amides is 2. The van der Waals surface area contributed by atoms with Crippen LogP contribution in [0.5, 0.6) is 0 Å². The van der Waals surface area contributed by atoms with Gasteiger partial charge in [0.1, 0.15) is 5.65 Å². The predicted molar refractivity (Wildman–Crippen MR) is 72.3 cm³/mol. The lowest BCUT2D eigenvalue weighted by atomic mass is 10.3. The van der Waals surface area contributed by atoms with Crippen molar-refractivity contribution >= 4 is 17.6 Å². The highest BCUT2D eigenvalue weighted by molar-refractivity contribution is 5.73. The van der Waals surface area contributed by atoms with Gasteiger partial charge < -0.3 is 20.1 Å². The molecule has 2 aromatic rings. The number of carboxylic acids is 1. The Morgan fingerprint density at radius 3 is 2.90 bits per heavy atom. The molecule has 2 heterocycles. The van der Waals surface area contributed by atoms with Crippen LogP contribution in [0.2, 0.25) is 0 Å². The van der Waals surface area contributed by atoms with E-state index in [1.54, 1.807) is 0 Å². The molecule has 0 aromatic carbocycles. The van der Waals surface area contributed by atoms with E-state index in [1.165, 1.54) is 0 Å². The average Bonchev–Trinajstić information content (AvgIpc) is 2.84. The summed E-state index contributed by atoms with van der Waals surface area (Å²) in [5.74, 6) is -0.864. The van der Waals surface area contributed by atoms with Crippen LogP contribution in [0.1, 0.15) is 18.5 Å². The van der Waals surface area contributed by atoms with Gasteiger partial charge in [0, 0.05) is 25.4 Å². The van der Waals surface area contributed by atoms with Crippen LogP contribution < -0.4 is 10.6 Å². The molecular weight excluding hydrogens is 260 g/mol. The molecule has 0 aliphatic rings. The van der Waals surface area contributed by atoms with Gasteiger partial charge in [-0.2, -0.15) is 0 Å². The Labute approximate surface area is 115 Å². The van der Waals surface area contributed by atoms with E-state index in [0.29, 0.717) is 19.5 Å². The van der Waals surface area contributed by atoms with Gasteiger partial charge in [0.05, 0.1) is 12.2 Å². The number of fused-ring (bicyclic) bond motifs is 1. The highest BCUT2D eigenvalue weighted by Crippen LogP contribution is 2.03. The molecule has 0 aliphatic heterocycles. The van der Waals surface area contributed by atoms with E-state index in [4.69, 9.17) is 5.11 Å². The second kappa shape index (κ2) is 6.55. The summed E-state index contributed by atoms with van der Waals surface area (Å²) < 4.78 is 1.88. The van der Waals surface area contributed by atoms with Crippen LogP contribution in [-0.2, 0) is 11.3 Å². The predicted octanol–water partition coefficient (Wildman–Crippen LogP) is 0.998. The lowest BCUT2D eigenvalue weighted by Crippen LogP contribution is -2.35. The maximum atomic E-state index is 11.5. The van der Waals surface area contributed by atoms with Gasteiger partial charge in [0.25, 0.3) is 0 Å². The fourth-order valence-electron chi connectivity index (χ4n) is 1.75. The summed E-state index contributed by atoms with van der Waals surface area (Å²) in [4.78, 5) is 26.1. The number of carbonyl (C=O) groups is 2. The molecule has 0 unspecified atom stereocenters. The first-order valence-corrected chi connectivity index (χ1v) is 6.31. The van der Waals surface area contributed by atoms with Crippen molar-refractivity contribution in [3.63, 3.8) is 0 Å². The molecule has 2 amide bonds. The maximum absolute atomic E-state index is 11.5. The minimum absolute atomic E-state index is 0.0483. The van der Waals surface area contributed by atoms with E-state index in [9.17, 15) is 9.59 Å². The zero-order valence-electron chi connectivity index (χ0n) is 10.9. The molecule has 2 aromatic heterocycles. The van der Waals surface area contributed by atoms with Gasteiger partial charge in [-0.05, 0) is 18.6 Å². The molecule has 20 heavy (non-hydrogen) atoms. The van der Waals surface area contributed by atoms with Gasteiger partial charge in [-0.25, -0.2) is 9.78 Å². The normalized spacial score (nSPS) is 10.4. The maximum Gasteiger partial charge on any atom is 0.315 e. The van der Waals surface area contributed by atoms with Crippen LogP contribution in [0.3, 0.4) is 0 Å². The van der Waals surface area contributed by atoms with Gasteiger partial charge in [0.15, 0.2) is 0 Å². The molecule has 0 spiro atoms. The Kier molecular flexibility index (Phi) is 4.54. The van der Waals surface area contributed by atoms with E-state index in [0.717, 1.165) is 11.3 Å². The number of imidazole rings is 1. The molecule has 0 fully saturated rings. The van der Waals surface area contributed by atoms with E-state index < -0.39 is 5.97 Å². The number of nitrogens with one attached hydrogen (secondary N) is 2. The minimum atomic E-state index is -0.864. The number of urea groups is 1. The number of rotatable bonds is 6. The average molecular weight is 276 g/mol. The Hall–Kier alpha value is -2.57. The standard InChI is InChI=1S/C13H16N4O3/c18-12(19)5-3-6-14-13(20)15-8-10-9-17-7-2-1-4-11(17)16-10/h1-2,4,7,9H,3,5-6,8H2,(H,18,19)(H2,14,15,20). The third-order valence-electron chi connectivity index (χ3n) is 2.70. The van der Waals surface area contributed by atoms with Gasteiger partial charge in [-0.3, -0.25) is 4.79 Å². The molecule has 0 bridgehead atoms. The lowest BCUT2D eigenvalue weighted by molar-refractivity contribution is -0.137. The van der Waals surface area contributed by atoms with Gasteiger partial charge >= 0.3 is 12.0 Å². The van der Waals surface area contributed by atoms with Crippen LogP contribution in [0.4, 0.5) is 4.79 Å². The van der Waals surface area contributed by atoms with Crippen molar-refractivity contribution < 1.29 is 14.7 Å². The van der Waals surface area contributed by atoms with Crippen molar-refractivity contribution in [2.45, 2.75) is 19.4 Å². The number of carbonyl (C=O) groups excluding carboxylic acids is 1. The van der Waals surface area contributed by atoms with Crippen LogP contribution in [0.25, 0.3) is 5.65 Å². The van der Waals surface area contributed by atoms with Crippen molar-refractivity contribution in [3.8, 4) is 0 Å². The van der Waals surface area contributed by atoms with Crippen molar-refractivity contribution in [1.29, 1.82) is 0 Å². The number of nitrogens with zero attached hydrogens (tertiary/aromatic N) is 2. The first kappa shape index (κ1) is 13.9. The molecule has 0 radical (unpaired) electrons. The second-order valence-corrected chi connectivity index (χ2v) is 4.31. The molecule has 2 rings (SSSR count). The van der Waals surface area contributed by atoms with Crippen LogP contribution >= 0.6 is 0 Å². The van der Waals surface area contributed by atoms with Crippen LogP contribution in [0.15, 0.2) is 30.6 Å². The topological polar surface area (TPSA) is 95.7 Å². The molecule has 3 N–H and O–H groups in total. The monoisotopic (exact) mass is 276 g/mol. The van der Waals surface area contributed by atoms with Crippen molar-refractivity contribution in [1.82, 2.24) is 20.0 Å². The summed E-state index contributed by atoms with van der Waals surface area (Å²) in [5, 5.41) is 13.7. The molecule has 7 nitrogen and oxygen atoms in total. The van der Waals surface area contributed by atoms with E-state index in [2.05, 4.69) is 15.6 Å². The molecule has 7 heteroatoms. The minimum Gasteiger partial charge on any atom is -0.481 e. The summed E-state index contributed by atoms with van der Waals surface area (Å²) >= 11 is 0. The summed E-state index contributed by atoms with van der Waals surface area (Å²) in [6.45, 7) is 0.662. The largest absolute Gasteiger partial charge is 0.481 e. The number of aliphatic carboxylic acids is 1. The van der Waals surface area contributed by atoms with Gasteiger partial charge in [-0.1, -0.05) is 6.07 Å². The number of pyridine rings is 1. The third-order valence-corrected chi connectivity index (χ3v) is 2.70. The first-order chi connectivity index (χ1) is 9.65. The summed E-state index contributed by atoms with van der Waals surface area (Å²) in [5.41, 5.74) is 1.59. The van der Waals surface area contributed by atoms with E-state index in [-0.39, 0.29) is 12.5 Å². The van der Waals surface area contributed by atoms with Crippen molar-refractivity contribution in [2.24, 2.45) is 0 Å². The van der Waals surface area contributed by atoms with Gasteiger partial charge in [0.2, 0.25) is 0 Å². The van der Waals surface area contributed by atoms with Crippen molar-refractivity contribution in [2.75, 3.05) is 6.54 Å². The third kappa shape index (κ3) is 3.98. The highest BCUT2D eigenvalue weighted by Gasteiger charge is 2.04. The van der Waals surface area contributed by atoms with Gasteiger partial charge in [-0.15, -0.1) is 0 Å². The fourth-order valence-corrected chi connectivity index (χ4v) is 1.75. The number of hydrogen-bond acceptors (Lipinski definition) is 3. The zero-order valence-corrected chi connectivity index (χ0v) is 10.9. The highest BCUT2D eigenvalue weighted by atomic mass is 16.4. The SMILES string of the molecule is O=C(O)CCCNC(=O)NCc1cn2ccccc2n1. The van der Waals surface area contributed by atoms with E-state index >= 15 is 0 Å². The molecule has 0 saturated heterocycles. The molecule has 0 saturated carbocycles. The quantitative estimate of drug-likeness (QED) is 0.686. The van der Waals surface area contributed by atoms with Crippen molar-refractivity contribution in [3.05, 3.63) is 36.3 Å². The summed E-state index contributed by atoms with van der Waals surface area (Å²) in [6.07, 6.45) is 4.20. The van der Waals surface area contributed by atoms with E-state index in [1.807, 2.05) is 35.0 Å². The summed E-state index contributed by atoms with van der Waals surface area (Å²) in [6, 6.07) is 5.36. The Morgan fingerprint density at radius 2 is 2.15 bits per heavy atom. The summed E-state index contributed by atoms with van der Waals surface area (Å²) in [7, 11) is 0. The first-order valence-electron chi connectivity index (χ1n) is 6.31. The Balaban J connectivity index is 1.74. The van der Waals surface area contributed by atoms with Crippen LogP contribution in [-0.4, -0.2) is 33.0 Å². The molecule has 0 atom stereocenters. The lowest BCUT2D eigenvalue weighted by Gasteiger charge is -2.05. The fraction of sp³-hybridized carbons (Fsp3) is 0.308. The van der Waals surface area contributed by atoms with Crippen LogP contribution in [0, 0.1) is 0 Å². The molecular formula is C13H16N4O3. The number of hydrogen-bond donors (Lipinski definition) is 3.